The number of nitrogens with zero attached hydrogens (tertiary/aromatic N) is 3. The van der Waals surface area contributed by atoms with Crippen LogP contribution in [-0.2, 0) is 11.2 Å². The zero-order valence-electron chi connectivity index (χ0n) is 8.94. The van der Waals surface area contributed by atoms with Gasteiger partial charge in [0.05, 0.1) is 6.54 Å². The quantitative estimate of drug-likeness (QED) is 0.728. The number of Topliss-reactive ketones (excluding diaryl/α,β-unsaturated/α-hetero) is 1. The fourth-order valence-electron chi connectivity index (χ4n) is 1.70. The molecule has 15 heavy (non-hydrogen) atoms. The van der Waals surface area contributed by atoms with Crippen LogP contribution in [0.1, 0.15) is 25.3 Å². The number of carbonyl (C=O) groups is 1. The second-order valence-corrected chi connectivity index (χ2v) is 3.81. The molecule has 4 nitrogen and oxygen atoms in total. The SMILES string of the molecule is CCc1cnc(N2CCCC(=O)C2)nc1. The molecule has 0 unspecified atom stereocenters. The first-order chi connectivity index (χ1) is 7.29. The Balaban J connectivity index is 2.11. The van der Waals surface area contributed by atoms with E-state index in [1.807, 2.05) is 17.3 Å². The van der Waals surface area contributed by atoms with E-state index < -0.39 is 0 Å². The normalized spacial score (nSPS) is 16.9. The van der Waals surface area contributed by atoms with Crippen LogP contribution in [0.4, 0.5) is 5.95 Å². The monoisotopic (exact) mass is 205 g/mol. The molecule has 1 aromatic heterocycles. The second kappa shape index (κ2) is 4.38. The van der Waals surface area contributed by atoms with E-state index in [0.717, 1.165) is 24.9 Å². The molecule has 2 heterocycles. The van der Waals surface area contributed by atoms with Crippen molar-refractivity contribution >= 4 is 11.7 Å². The summed E-state index contributed by atoms with van der Waals surface area (Å²) in [5.41, 5.74) is 1.13. The van der Waals surface area contributed by atoms with Gasteiger partial charge in [0, 0.05) is 25.4 Å². The molecule has 1 saturated heterocycles. The minimum atomic E-state index is 0.282. The summed E-state index contributed by atoms with van der Waals surface area (Å²) < 4.78 is 0. The van der Waals surface area contributed by atoms with Crippen molar-refractivity contribution in [3.8, 4) is 0 Å². The van der Waals surface area contributed by atoms with E-state index in [2.05, 4.69) is 16.9 Å². The number of hydrogen-bond acceptors (Lipinski definition) is 4. The zero-order chi connectivity index (χ0) is 10.7. The molecule has 0 atom stereocenters. The average molecular weight is 205 g/mol. The van der Waals surface area contributed by atoms with Crippen molar-refractivity contribution in [3.63, 3.8) is 0 Å². The number of ketones is 1. The van der Waals surface area contributed by atoms with Crippen LogP contribution in [0.3, 0.4) is 0 Å². The number of hydrogen-bond donors (Lipinski definition) is 0. The molecular weight excluding hydrogens is 190 g/mol. The molecule has 0 N–H and O–H groups in total. The third-order valence-electron chi connectivity index (χ3n) is 2.63. The summed E-state index contributed by atoms with van der Waals surface area (Å²) in [6.45, 7) is 3.42. The van der Waals surface area contributed by atoms with Gasteiger partial charge in [0.15, 0.2) is 5.78 Å². The minimum Gasteiger partial charge on any atom is -0.333 e. The summed E-state index contributed by atoms with van der Waals surface area (Å²) in [5, 5.41) is 0. The van der Waals surface area contributed by atoms with Crippen LogP contribution in [0.2, 0.25) is 0 Å². The maximum absolute atomic E-state index is 11.3. The lowest BCUT2D eigenvalue weighted by Gasteiger charge is -2.25. The number of rotatable bonds is 2. The highest BCUT2D eigenvalue weighted by Gasteiger charge is 2.18. The summed E-state index contributed by atoms with van der Waals surface area (Å²) in [6.07, 6.45) is 6.23. The molecule has 1 aliphatic heterocycles. The van der Waals surface area contributed by atoms with Gasteiger partial charge in [0.1, 0.15) is 0 Å². The van der Waals surface area contributed by atoms with Crippen LogP contribution >= 0.6 is 0 Å². The molecule has 1 fully saturated rings. The lowest BCUT2D eigenvalue weighted by molar-refractivity contribution is -0.118. The first-order valence-electron chi connectivity index (χ1n) is 5.37. The average Bonchev–Trinajstić information content (AvgIpc) is 2.29. The molecule has 0 radical (unpaired) electrons. The predicted octanol–water partition coefficient (Wildman–Crippen LogP) is 1.21. The van der Waals surface area contributed by atoms with E-state index in [4.69, 9.17) is 0 Å². The molecule has 0 spiro atoms. The summed E-state index contributed by atoms with van der Waals surface area (Å²) >= 11 is 0. The second-order valence-electron chi connectivity index (χ2n) is 3.81. The van der Waals surface area contributed by atoms with Gasteiger partial charge in [-0.25, -0.2) is 9.97 Å². The van der Waals surface area contributed by atoms with E-state index in [1.165, 1.54) is 0 Å². The molecule has 1 aliphatic rings. The fourth-order valence-corrected chi connectivity index (χ4v) is 1.70. The summed E-state index contributed by atoms with van der Waals surface area (Å²) in [5.74, 6) is 0.963. The third-order valence-corrected chi connectivity index (χ3v) is 2.63. The highest BCUT2D eigenvalue weighted by Crippen LogP contribution is 2.13. The van der Waals surface area contributed by atoms with E-state index >= 15 is 0 Å². The van der Waals surface area contributed by atoms with Crippen molar-refractivity contribution in [1.29, 1.82) is 0 Å². The minimum absolute atomic E-state index is 0.282. The Hall–Kier alpha value is -1.45. The fraction of sp³-hybridized carbons (Fsp3) is 0.545. The van der Waals surface area contributed by atoms with Crippen LogP contribution in [0.5, 0.6) is 0 Å². The van der Waals surface area contributed by atoms with E-state index in [-0.39, 0.29) is 5.78 Å². The molecule has 1 aromatic rings. The first kappa shape index (κ1) is 10.1. The topological polar surface area (TPSA) is 46.1 Å². The number of piperidine rings is 1. The van der Waals surface area contributed by atoms with Gasteiger partial charge >= 0.3 is 0 Å². The van der Waals surface area contributed by atoms with E-state index in [0.29, 0.717) is 18.9 Å². The highest BCUT2D eigenvalue weighted by molar-refractivity contribution is 5.84. The van der Waals surface area contributed by atoms with Crippen LogP contribution in [-0.4, -0.2) is 28.8 Å². The van der Waals surface area contributed by atoms with Gasteiger partial charge in [-0.05, 0) is 18.4 Å². The molecule has 80 valence electrons. The molecule has 0 aromatic carbocycles. The van der Waals surface area contributed by atoms with Gasteiger partial charge in [-0.3, -0.25) is 4.79 Å². The Morgan fingerprint density at radius 2 is 2.13 bits per heavy atom. The number of anilines is 1. The highest BCUT2D eigenvalue weighted by atomic mass is 16.1. The number of aryl methyl sites for hydroxylation is 1. The lowest BCUT2D eigenvalue weighted by Crippen LogP contribution is -2.36. The maximum Gasteiger partial charge on any atom is 0.225 e. The van der Waals surface area contributed by atoms with Gasteiger partial charge in [-0.2, -0.15) is 0 Å². The van der Waals surface area contributed by atoms with E-state index in [1.54, 1.807) is 0 Å². The van der Waals surface area contributed by atoms with Crippen LogP contribution in [0.25, 0.3) is 0 Å². The van der Waals surface area contributed by atoms with Crippen molar-refractivity contribution in [2.45, 2.75) is 26.2 Å². The Morgan fingerprint density at radius 3 is 2.73 bits per heavy atom. The molecule has 0 bridgehead atoms. The van der Waals surface area contributed by atoms with Crippen molar-refractivity contribution in [2.24, 2.45) is 0 Å². The molecule has 0 aliphatic carbocycles. The van der Waals surface area contributed by atoms with E-state index in [9.17, 15) is 4.79 Å². The summed E-state index contributed by atoms with van der Waals surface area (Å²) in [4.78, 5) is 21.8. The van der Waals surface area contributed by atoms with Crippen LogP contribution in [0.15, 0.2) is 12.4 Å². The van der Waals surface area contributed by atoms with Gasteiger partial charge < -0.3 is 4.90 Å². The Bertz CT molecular complexity index is 347. The van der Waals surface area contributed by atoms with Gasteiger partial charge in [0.2, 0.25) is 5.95 Å². The van der Waals surface area contributed by atoms with Crippen molar-refractivity contribution in [2.75, 3.05) is 18.0 Å². The van der Waals surface area contributed by atoms with Gasteiger partial charge in [-0.15, -0.1) is 0 Å². The molecular formula is C11H15N3O. The number of aromatic nitrogens is 2. The largest absolute Gasteiger partial charge is 0.333 e. The predicted molar refractivity (Wildman–Crippen MR) is 57.9 cm³/mol. The number of carbonyl (C=O) groups excluding carboxylic acids is 1. The first-order valence-corrected chi connectivity index (χ1v) is 5.37. The molecule has 0 amide bonds. The van der Waals surface area contributed by atoms with Crippen LogP contribution in [0, 0.1) is 0 Å². The van der Waals surface area contributed by atoms with Crippen molar-refractivity contribution < 1.29 is 4.79 Å². The smallest absolute Gasteiger partial charge is 0.225 e. The van der Waals surface area contributed by atoms with Crippen LogP contribution < -0.4 is 4.90 Å². The summed E-state index contributed by atoms with van der Waals surface area (Å²) in [7, 11) is 0. The molecule has 0 saturated carbocycles. The Kier molecular flexibility index (Phi) is 2.94. The van der Waals surface area contributed by atoms with Gasteiger partial charge in [-0.1, -0.05) is 6.92 Å². The maximum atomic E-state index is 11.3. The molecule has 4 heteroatoms. The zero-order valence-corrected chi connectivity index (χ0v) is 8.94. The van der Waals surface area contributed by atoms with Gasteiger partial charge in [0.25, 0.3) is 0 Å². The Labute approximate surface area is 89.3 Å². The third kappa shape index (κ3) is 2.32. The van der Waals surface area contributed by atoms with Crippen molar-refractivity contribution in [1.82, 2.24) is 9.97 Å². The Morgan fingerprint density at radius 1 is 1.40 bits per heavy atom. The summed E-state index contributed by atoms with van der Waals surface area (Å²) in [6, 6.07) is 0. The standard InChI is InChI=1S/C11H15N3O/c1-2-9-6-12-11(13-7-9)14-5-3-4-10(15)8-14/h6-7H,2-5,8H2,1H3. The lowest BCUT2D eigenvalue weighted by atomic mass is 10.1. The molecule has 2 rings (SSSR count). The van der Waals surface area contributed by atoms with Crippen molar-refractivity contribution in [3.05, 3.63) is 18.0 Å².